The summed E-state index contributed by atoms with van der Waals surface area (Å²) in [5.41, 5.74) is 5.13. The maximum absolute atomic E-state index is 12.1. The van der Waals surface area contributed by atoms with E-state index in [0.29, 0.717) is 22.4 Å². The van der Waals surface area contributed by atoms with Gasteiger partial charge in [-0.25, -0.2) is 10.9 Å². The zero-order chi connectivity index (χ0) is 18.9. The molecule has 0 saturated carbocycles. The second kappa shape index (κ2) is 9.00. The van der Waals surface area contributed by atoms with E-state index in [-0.39, 0.29) is 5.75 Å². The van der Waals surface area contributed by atoms with Crippen molar-refractivity contribution in [1.29, 1.82) is 0 Å². The maximum atomic E-state index is 12.1. The number of phenolic OH excluding ortho intramolecular Hbond substituents is 1. The van der Waals surface area contributed by atoms with Crippen molar-refractivity contribution in [3.8, 4) is 11.5 Å². The van der Waals surface area contributed by atoms with E-state index in [2.05, 4.69) is 10.5 Å². The first-order valence-corrected chi connectivity index (χ1v) is 7.46. The van der Waals surface area contributed by atoms with Crippen molar-refractivity contribution in [3.05, 3.63) is 65.2 Å². The maximum Gasteiger partial charge on any atom is 0.271 e. The Morgan fingerprint density at radius 2 is 2.00 bits per heavy atom. The standard InChI is InChI=1S/C18H17N3O5/c1-26-15-6-7-16(22)14(10-15)11-19-20-18(24)13-4-2-3-12(9-13)5-8-17(23)21-25/h2-11,22,25H,1H3,(H,20,24)(H,21,23). The lowest BCUT2D eigenvalue weighted by Gasteiger charge is -2.04. The zero-order valence-corrected chi connectivity index (χ0v) is 13.8. The van der Waals surface area contributed by atoms with Crippen LogP contribution in [0.15, 0.2) is 53.6 Å². The Labute approximate surface area is 149 Å². The Bertz CT molecular complexity index is 862. The number of hydrogen-bond acceptors (Lipinski definition) is 6. The Morgan fingerprint density at radius 3 is 2.73 bits per heavy atom. The lowest BCUT2D eigenvalue weighted by Crippen LogP contribution is -2.17. The number of hydrogen-bond donors (Lipinski definition) is 4. The van der Waals surface area contributed by atoms with Gasteiger partial charge in [-0.05, 0) is 42.0 Å². The van der Waals surface area contributed by atoms with Crippen LogP contribution >= 0.6 is 0 Å². The van der Waals surface area contributed by atoms with Crippen molar-refractivity contribution in [2.45, 2.75) is 0 Å². The summed E-state index contributed by atoms with van der Waals surface area (Å²) in [6.07, 6.45) is 3.87. The topological polar surface area (TPSA) is 120 Å². The van der Waals surface area contributed by atoms with Crippen LogP contribution < -0.4 is 15.6 Å². The van der Waals surface area contributed by atoms with E-state index in [1.807, 2.05) is 0 Å². The third-order valence-electron chi connectivity index (χ3n) is 3.29. The van der Waals surface area contributed by atoms with Crippen molar-refractivity contribution in [2.75, 3.05) is 7.11 Å². The largest absolute Gasteiger partial charge is 0.507 e. The van der Waals surface area contributed by atoms with Gasteiger partial charge in [0.2, 0.25) is 0 Å². The molecule has 2 aromatic rings. The molecular formula is C18H17N3O5. The summed E-state index contributed by atoms with van der Waals surface area (Å²) in [6, 6.07) is 11.1. The first kappa shape index (κ1) is 18.7. The van der Waals surface area contributed by atoms with E-state index < -0.39 is 11.8 Å². The zero-order valence-electron chi connectivity index (χ0n) is 13.8. The lowest BCUT2D eigenvalue weighted by molar-refractivity contribution is -0.124. The van der Waals surface area contributed by atoms with Crippen molar-refractivity contribution in [1.82, 2.24) is 10.9 Å². The van der Waals surface area contributed by atoms with E-state index in [9.17, 15) is 14.7 Å². The molecule has 4 N–H and O–H groups in total. The molecule has 0 aliphatic carbocycles. The highest BCUT2D eigenvalue weighted by molar-refractivity contribution is 5.96. The average molecular weight is 355 g/mol. The van der Waals surface area contributed by atoms with Crippen LogP contribution in [0.2, 0.25) is 0 Å². The summed E-state index contributed by atoms with van der Waals surface area (Å²) in [5, 5.41) is 22.0. The number of amides is 2. The second-order valence-electron chi connectivity index (χ2n) is 5.06. The average Bonchev–Trinajstić information content (AvgIpc) is 2.67. The highest BCUT2D eigenvalue weighted by Crippen LogP contribution is 2.20. The first-order chi connectivity index (χ1) is 12.5. The van der Waals surface area contributed by atoms with Gasteiger partial charge < -0.3 is 9.84 Å². The molecule has 0 radical (unpaired) electrons. The molecule has 0 aromatic heterocycles. The fourth-order valence-corrected chi connectivity index (χ4v) is 1.98. The molecule has 0 heterocycles. The van der Waals surface area contributed by atoms with Crippen LogP contribution in [0, 0.1) is 0 Å². The molecule has 0 fully saturated rings. The fourth-order valence-electron chi connectivity index (χ4n) is 1.98. The van der Waals surface area contributed by atoms with Gasteiger partial charge in [-0.2, -0.15) is 5.10 Å². The van der Waals surface area contributed by atoms with Crippen molar-refractivity contribution in [3.63, 3.8) is 0 Å². The van der Waals surface area contributed by atoms with Gasteiger partial charge in [-0.3, -0.25) is 14.8 Å². The molecule has 0 saturated heterocycles. The summed E-state index contributed by atoms with van der Waals surface area (Å²) in [4.78, 5) is 23.1. The van der Waals surface area contributed by atoms with Crippen LogP contribution in [0.3, 0.4) is 0 Å². The molecule has 0 atom stereocenters. The molecule has 2 rings (SSSR count). The van der Waals surface area contributed by atoms with Crippen molar-refractivity contribution in [2.24, 2.45) is 5.10 Å². The number of hydrazone groups is 1. The molecule has 8 nitrogen and oxygen atoms in total. The van der Waals surface area contributed by atoms with E-state index in [0.717, 1.165) is 6.08 Å². The molecule has 0 spiro atoms. The van der Waals surface area contributed by atoms with Gasteiger partial charge in [0.05, 0.1) is 13.3 Å². The highest BCUT2D eigenvalue weighted by atomic mass is 16.5. The predicted octanol–water partition coefficient (Wildman–Crippen LogP) is 1.68. The summed E-state index contributed by atoms with van der Waals surface area (Å²) in [6.45, 7) is 0. The van der Waals surface area contributed by atoms with E-state index in [1.165, 1.54) is 30.9 Å². The van der Waals surface area contributed by atoms with Gasteiger partial charge in [-0.1, -0.05) is 12.1 Å². The van der Waals surface area contributed by atoms with Gasteiger partial charge in [0.1, 0.15) is 11.5 Å². The minimum atomic E-state index is -0.678. The third-order valence-corrected chi connectivity index (χ3v) is 3.29. The summed E-state index contributed by atoms with van der Waals surface area (Å²) >= 11 is 0. The van der Waals surface area contributed by atoms with Crippen molar-refractivity contribution < 1.29 is 24.6 Å². The van der Waals surface area contributed by atoms with E-state index >= 15 is 0 Å². The molecule has 2 aromatic carbocycles. The number of nitrogens with zero attached hydrogens (tertiary/aromatic N) is 1. The number of methoxy groups -OCH3 is 1. The number of ether oxygens (including phenoxy) is 1. The predicted molar refractivity (Wildman–Crippen MR) is 95.1 cm³/mol. The first-order valence-electron chi connectivity index (χ1n) is 7.46. The van der Waals surface area contributed by atoms with Crippen LogP contribution in [0.4, 0.5) is 0 Å². The SMILES string of the molecule is COc1ccc(O)c(C=NNC(=O)c2cccc(C=CC(=O)NO)c2)c1. The number of rotatable bonds is 6. The number of phenols is 1. The minimum absolute atomic E-state index is 0.00177. The molecule has 0 bridgehead atoms. The quantitative estimate of drug-likeness (QED) is 0.272. The van der Waals surface area contributed by atoms with Crippen LogP contribution in [0.25, 0.3) is 6.08 Å². The third kappa shape index (κ3) is 5.18. The summed E-state index contributed by atoms with van der Waals surface area (Å²) in [5.74, 6) is -0.604. The van der Waals surface area contributed by atoms with Crippen LogP contribution in [-0.4, -0.2) is 35.5 Å². The molecule has 0 aliphatic heterocycles. The Kier molecular flexibility index (Phi) is 6.47. The molecule has 0 aliphatic rings. The van der Waals surface area contributed by atoms with Gasteiger partial charge in [0.25, 0.3) is 11.8 Å². The summed E-state index contributed by atoms with van der Waals surface area (Å²) in [7, 11) is 1.50. The normalized spacial score (nSPS) is 10.8. The van der Waals surface area contributed by atoms with Crippen LogP contribution in [-0.2, 0) is 4.79 Å². The minimum Gasteiger partial charge on any atom is -0.507 e. The number of nitrogens with one attached hydrogen (secondary N) is 2. The number of hydroxylamine groups is 1. The number of benzene rings is 2. The highest BCUT2D eigenvalue weighted by Gasteiger charge is 2.05. The Morgan fingerprint density at radius 1 is 1.19 bits per heavy atom. The number of aromatic hydroxyl groups is 1. The molecule has 2 amide bonds. The number of carbonyl (C=O) groups is 2. The lowest BCUT2D eigenvalue weighted by atomic mass is 10.1. The van der Waals surface area contributed by atoms with E-state index in [4.69, 9.17) is 9.94 Å². The Balaban J connectivity index is 2.06. The molecule has 0 unspecified atom stereocenters. The second-order valence-corrected chi connectivity index (χ2v) is 5.06. The van der Waals surface area contributed by atoms with Gasteiger partial charge in [0, 0.05) is 17.2 Å². The molecular weight excluding hydrogens is 338 g/mol. The smallest absolute Gasteiger partial charge is 0.271 e. The van der Waals surface area contributed by atoms with Crippen LogP contribution in [0.5, 0.6) is 11.5 Å². The van der Waals surface area contributed by atoms with E-state index in [1.54, 1.807) is 36.4 Å². The fraction of sp³-hybridized carbons (Fsp3) is 0.0556. The van der Waals surface area contributed by atoms with Gasteiger partial charge in [0.15, 0.2) is 0 Å². The van der Waals surface area contributed by atoms with Gasteiger partial charge in [-0.15, -0.1) is 0 Å². The summed E-state index contributed by atoms with van der Waals surface area (Å²) < 4.78 is 5.06. The van der Waals surface area contributed by atoms with Crippen molar-refractivity contribution >= 4 is 24.1 Å². The monoisotopic (exact) mass is 355 g/mol. The van der Waals surface area contributed by atoms with Gasteiger partial charge >= 0.3 is 0 Å². The van der Waals surface area contributed by atoms with Crippen LogP contribution in [0.1, 0.15) is 21.5 Å². The molecule has 134 valence electrons. The molecule has 8 heteroatoms. The Hall–Kier alpha value is -3.65. The number of carbonyl (C=O) groups excluding carboxylic acids is 2. The molecule has 26 heavy (non-hydrogen) atoms.